The summed E-state index contributed by atoms with van der Waals surface area (Å²) < 4.78 is 0. The molecule has 0 aromatic heterocycles. The first-order valence-electron chi connectivity index (χ1n) is 3.68. The molecule has 60 valence electrons. The average molecular weight is 146 g/mol. The highest BCUT2D eigenvalue weighted by atomic mass is 19.0. The lowest BCUT2D eigenvalue weighted by Crippen LogP contribution is -2.03. The molecule has 0 aliphatic heterocycles. The molecule has 0 radical (unpaired) electrons. The molecule has 1 nitrogen and oxygen atoms in total. The van der Waals surface area contributed by atoms with Crippen molar-refractivity contribution in [2.75, 3.05) is 0 Å². The van der Waals surface area contributed by atoms with Crippen LogP contribution in [0.2, 0.25) is 0 Å². The summed E-state index contributed by atoms with van der Waals surface area (Å²) in [6, 6.07) is 0. The largest absolute Gasteiger partial charge is 0.300 e. The second-order valence-corrected chi connectivity index (χ2v) is 3.38. The van der Waals surface area contributed by atoms with Crippen LogP contribution in [-0.2, 0) is 4.79 Å². The molecule has 1 saturated carbocycles. The number of halogens is 1. The van der Waals surface area contributed by atoms with Gasteiger partial charge < -0.3 is 0 Å². The second-order valence-electron chi connectivity index (χ2n) is 3.38. The normalized spacial score (nSPS) is 19.4. The fourth-order valence-electron chi connectivity index (χ4n) is 0.991. The first-order chi connectivity index (χ1) is 4.16. The van der Waals surface area contributed by atoms with Gasteiger partial charge in [0.15, 0.2) is 0 Å². The molecule has 1 aliphatic rings. The van der Waals surface area contributed by atoms with Gasteiger partial charge in [0.05, 0.1) is 0 Å². The molecule has 0 heterocycles. The molecule has 1 rings (SSSR count). The fraction of sp³-hybridized carbons (Fsp3) is 0.875. The molecular formula is C8H15FO. The van der Waals surface area contributed by atoms with E-state index in [4.69, 9.17) is 0 Å². The third-order valence-corrected chi connectivity index (χ3v) is 2.12. The number of Topliss-reactive ketones (excluding diaryl/α,β-unsaturated/α-hetero) is 1. The molecule has 0 amide bonds. The van der Waals surface area contributed by atoms with Crippen molar-refractivity contribution in [2.24, 2.45) is 5.41 Å². The van der Waals surface area contributed by atoms with Crippen molar-refractivity contribution in [3.05, 3.63) is 0 Å². The maximum Gasteiger partial charge on any atom is 0.133 e. The van der Waals surface area contributed by atoms with Crippen molar-refractivity contribution in [3.63, 3.8) is 0 Å². The van der Waals surface area contributed by atoms with Crippen LogP contribution < -0.4 is 0 Å². The van der Waals surface area contributed by atoms with Crippen molar-refractivity contribution < 1.29 is 9.50 Å². The highest BCUT2D eigenvalue weighted by Gasteiger charge is 2.38. The molecular weight excluding hydrogens is 131 g/mol. The number of rotatable bonds is 3. The van der Waals surface area contributed by atoms with Gasteiger partial charge in [-0.15, -0.1) is 0 Å². The van der Waals surface area contributed by atoms with E-state index in [1.54, 1.807) is 0 Å². The predicted octanol–water partition coefficient (Wildman–Crippen LogP) is 2.31. The van der Waals surface area contributed by atoms with E-state index < -0.39 is 0 Å². The van der Waals surface area contributed by atoms with Gasteiger partial charge in [-0.25, -0.2) is 0 Å². The van der Waals surface area contributed by atoms with Gasteiger partial charge in [-0.2, -0.15) is 0 Å². The molecule has 2 heteroatoms. The third-order valence-electron chi connectivity index (χ3n) is 2.12. The van der Waals surface area contributed by atoms with Crippen molar-refractivity contribution >= 4 is 5.78 Å². The third kappa shape index (κ3) is 2.46. The van der Waals surface area contributed by atoms with E-state index >= 15 is 0 Å². The van der Waals surface area contributed by atoms with E-state index in [-0.39, 0.29) is 4.70 Å². The average Bonchev–Trinajstić information content (AvgIpc) is 2.48. The second kappa shape index (κ2) is 3.13. The van der Waals surface area contributed by atoms with Gasteiger partial charge in [-0.3, -0.25) is 9.50 Å². The van der Waals surface area contributed by atoms with Gasteiger partial charge in [0, 0.05) is 12.8 Å². The zero-order valence-corrected chi connectivity index (χ0v) is 6.64. The van der Waals surface area contributed by atoms with E-state index in [2.05, 4.69) is 6.92 Å². The number of carbonyl (C=O) groups excluding carboxylic acids is 1. The van der Waals surface area contributed by atoms with Crippen LogP contribution in [0.1, 0.15) is 39.5 Å². The summed E-state index contributed by atoms with van der Waals surface area (Å²) in [4.78, 5) is 10.9. The Morgan fingerprint density at radius 1 is 1.50 bits per heavy atom. The molecule has 10 heavy (non-hydrogen) atoms. The Bertz CT molecular complexity index is 127. The van der Waals surface area contributed by atoms with E-state index in [0.29, 0.717) is 11.2 Å². The Morgan fingerprint density at radius 3 is 2.30 bits per heavy atom. The van der Waals surface area contributed by atoms with E-state index in [0.717, 1.165) is 12.8 Å². The van der Waals surface area contributed by atoms with Crippen LogP contribution in [0.15, 0.2) is 0 Å². The minimum absolute atomic E-state index is 0. The molecule has 1 fully saturated rings. The Balaban J connectivity index is 0.000000810. The van der Waals surface area contributed by atoms with E-state index in [1.807, 2.05) is 6.92 Å². The molecule has 0 N–H and O–H groups in total. The van der Waals surface area contributed by atoms with E-state index in [1.165, 1.54) is 12.8 Å². The summed E-state index contributed by atoms with van der Waals surface area (Å²) in [7, 11) is 0. The van der Waals surface area contributed by atoms with Crippen molar-refractivity contribution in [1.82, 2.24) is 0 Å². The van der Waals surface area contributed by atoms with Crippen molar-refractivity contribution in [2.45, 2.75) is 39.5 Å². The SMILES string of the molecule is CCC(=O)CC1(C)CC1.F. The molecule has 1 aliphatic carbocycles. The summed E-state index contributed by atoms with van der Waals surface area (Å²) in [5.74, 6) is 0.426. The van der Waals surface area contributed by atoms with Crippen LogP contribution in [-0.4, -0.2) is 5.78 Å². The Hall–Kier alpha value is -0.400. The van der Waals surface area contributed by atoms with Crippen LogP contribution in [0.25, 0.3) is 0 Å². The molecule has 0 unspecified atom stereocenters. The molecule has 0 spiro atoms. The van der Waals surface area contributed by atoms with E-state index in [9.17, 15) is 4.79 Å². The Kier molecular flexibility index (Phi) is 3.00. The van der Waals surface area contributed by atoms with Crippen molar-refractivity contribution in [1.29, 1.82) is 0 Å². The maximum absolute atomic E-state index is 10.9. The predicted molar refractivity (Wildman–Crippen MR) is 39.8 cm³/mol. The highest BCUT2D eigenvalue weighted by Crippen LogP contribution is 2.48. The maximum atomic E-state index is 10.9. The lowest BCUT2D eigenvalue weighted by Gasteiger charge is -2.03. The summed E-state index contributed by atoms with van der Waals surface area (Å²) in [5.41, 5.74) is 0.424. The lowest BCUT2D eigenvalue weighted by atomic mass is 10.0. The number of hydrogen-bond acceptors (Lipinski definition) is 1. The molecule has 0 bridgehead atoms. The van der Waals surface area contributed by atoms with Crippen LogP contribution in [0.5, 0.6) is 0 Å². The standard InChI is InChI=1S/C8H14O.FH/c1-3-7(9)6-8(2)4-5-8;/h3-6H2,1-2H3;1H. The quantitative estimate of drug-likeness (QED) is 0.597. The topological polar surface area (TPSA) is 17.1 Å². The highest BCUT2D eigenvalue weighted by molar-refractivity contribution is 5.79. The lowest BCUT2D eigenvalue weighted by molar-refractivity contribution is -0.119. The summed E-state index contributed by atoms with van der Waals surface area (Å²) in [6.07, 6.45) is 4.07. The van der Waals surface area contributed by atoms with Crippen LogP contribution in [0.4, 0.5) is 4.70 Å². The monoisotopic (exact) mass is 146 g/mol. The van der Waals surface area contributed by atoms with Crippen LogP contribution in [0.3, 0.4) is 0 Å². The summed E-state index contributed by atoms with van der Waals surface area (Å²) >= 11 is 0. The zero-order valence-electron chi connectivity index (χ0n) is 6.64. The number of hydrogen-bond donors (Lipinski definition) is 0. The van der Waals surface area contributed by atoms with Gasteiger partial charge in [0.1, 0.15) is 5.78 Å². The van der Waals surface area contributed by atoms with Gasteiger partial charge in [-0.1, -0.05) is 13.8 Å². The first kappa shape index (κ1) is 9.60. The fourth-order valence-corrected chi connectivity index (χ4v) is 0.991. The first-order valence-corrected chi connectivity index (χ1v) is 3.68. The summed E-state index contributed by atoms with van der Waals surface area (Å²) in [5, 5.41) is 0. The Labute approximate surface area is 61.2 Å². The van der Waals surface area contributed by atoms with Crippen molar-refractivity contribution in [3.8, 4) is 0 Å². The van der Waals surface area contributed by atoms with Gasteiger partial charge >= 0.3 is 0 Å². The molecule has 0 aromatic carbocycles. The smallest absolute Gasteiger partial charge is 0.133 e. The number of carbonyl (C=O) groups is 1. The minimum atomic E-state index is 0. The van der Waals surface area contributed by atoms with Crippen LogP contribution >= 0.6 is 0 Å². The molecule has 0 aromatic rings. The van der Waals surface area contributed by atoms with Gasteiger partial charge in [0.2, 0.25) is 0 Å². The summed E-state index contributed by atoms with van der Waals surface area (Å²) in [6.45, 7) is 4.13. The molecule has 0 saturated heterocycles. The van der Waals surface area contributed by atoms with Crippen LogP contribution in [0, 0.1) is 5.41 Å². The van der Waals surface area contributed by atoms with Gasteiger partial charge in [-0.05, 0) is 18.3 Å². The van der Waals surface area contributed by atoms with Gasteiger partial charge in [0.25, 0.3) is 0 Å². The number of ketones is 1. The minimum Gasteiger partial charge on any atom is -0.300 e. The zero-order chi connectivity index (χ0) is 6.91. The molecule has 0 atom stereocenters. The Morgan fingerprint density at radius 2 is 2.00 bits per heavy atom.